The summed E-state index contributed by atoms with van der Waals surface area (Å²) in [5.74, 6) is 0.523. The van der Waals surface area contributed by atoms with Crippen molar-refractivity contribution in [2.45, 2.75) is 19.0 Å². The number of nitrogen functional groups attached to an aromatic ring is 1. The van der Waals surface area contributed by atoms with Gasteiger partial charge in [-0.1, -0.05) is 29.8 Å². The Bertz CT molecular complexity index is 1150. The van der Waals surface area contributed by atoms with Gasteiger partial charge < -0.3 is 24.7 Å². The van der Waals surface area contributed by atoms with Crippen LogP contribution in [0.15, 0.2) is 36.5 Å². The van der Waals surface area contributed by atoms with E-state index in [2.05, 4.69) is 19.8 Å². The van der Waals surface area contributed by atoms with Crippen molar-refractivity contribution in [1.82, 2.24) is 24.6 Å². The molecule has 0 saturated carbocycles. The SMILES string of the molecule is COC.Nc1nc(Cl)cc(-c2nn(C(F)F)cc2Cc2ccccc2OCCN2CCOCC2C=O)n1. The predicted octanol–water partition coefficient (Wildman–Crippen LogP) is 3.10. The summed E-state index contributed by atoms with van der Waals surface area (Å²) in [5, 5.41) is 4.08. The molecule has 0 amide bonds. The van der Waals surface area contributed by atoms with Crippen LogP contribution in [-0.2, 0) is 20.7 Å². The Hall–Kier alpha value is -3.19. The molecule has 1 unspecified atom stereocenters. The van der Waals surface area contributed by atoms with Gasteiger partial charge in [-0.15, -0.1) is 0 Å². The van der Waals surface area contributed by atoms with Gasteiger partial charge >= 0.3 is 6.55 Å². The van der Waals surface area contributed by atoms with E-state index in [9.17, 15) is 13.6 Å². The van der Waals surface area contributed by atoms with Crippen LogP contribution < -0.4 is 10.5 Å². The Morgan fingerprint density at radius 2 is 2.03 bits per heavy atom. The van der Waals surface area contributed by atoms with Crippen molar-refractivity contribution in [3.63, 3.8) is 0 Å². The van der Waals surface area contributed by atoms with Crippen molar-refractivity contribution in [2.24, 2.45) is 0 Å². The number of methoxy groups -OCH3 is 1. The van der Waals surface area contributed by atoms with Gasteiger partial charge in [-0.25, -0.2) is 14.6 Å². The van der Waals surface area contributed by atoms with Crippen molar-refractivity contribution < 1.29 is 27.8 Å². The average Bonchev–Trinajstić information content (AvgIpc) is 3.29. The number of aromatic nitrogens is 4. The Labute approximate surface area is 218 Å². The van der Waals surface area contributed by atoms with Crippen LogP contribution in [0.5, 0.6) is 5.75 Å². The number of para-hydroxylation sites is 1. The van der Waals surface area contributed by atoms with Gasteiger partial charge in [0, 0.05) is 51.6 Å². The number of nitrogens with zero attached hydrogens (tertiary/aromatic N) is 5. The van der Waals surface area contributed by atoms with Crippen LogP contribution in [0, 0.1) is 0 Å². The van der Waals surface area contributed by atoms with E-state index in [-0.39, 0.29) is 35.0 Å². The summed E-state index contributed by atoms with van der Waals surface area (Å²) in [6.45, 7) is -0.344. The highest BCUT2D eigenvalue weighted by Crippen LogP contribution is 2.29. The summed E-state index contributed by atoms with van der Waals surface area (Å²) in [4.78, 5) is 21.2. The highest BCUT2D eigenvalue weighted by Gasteiger charge is 2.23. The van der Waals surface area contributed by atoms with E-state index in [0.29, 0.717) is 48.9 Å². The fourth-order valence-electron chi connectivity index (χ4n) is 3.76. The molecule has 2 aromatic heterocycles. The summed E-state index contributed by atoms with van der Waals surface area (Å²) >= 11 is 5.98. The molecule has 1 atom stereocenters. The first-order chi connectivity index (χ1) is 17.9. The summed E-state index contributed by atoms with van der Waals surface area (Å²) in [5.41, 5.74) is 7.44. The Balaban J connectivity index is 0.00000121. The number of hydrogen-bond acceptors (Lipinski definition) is 9. The lowest BCUT2D eigenvalue weighted by Gasteiger charge is -2.31. The smallest absolute Gasteiger partial charge is 0.333 e. The minimum absolute atomic E-state index is 0.0829. The molecule has 1 aliphatic heterocycles. The molecule has 1 aromatic carbocycles. The maximum Gasteiger partial charge on any atom is 0.333 e. The first kappa shape index (κ1) is 28.4. The zero-order chi connectivity index (χ0) is 26.8. The van der Waals surface area contributed by atoms with E-state index >= 15 is 0 Å². The molecule has 3 aromatic rings. The summed E-state index contributed by atoms with van der Waals surface area (Å²) < 4.78 is 43.0. The van der Waals surface area contributed by atoms with Gasteiger partial charge in [-0.2, -0.15) is 13.9 Å². The normalized spacial score (nSPS) is 15.8. The van der Waals surface area contributed by atoms with E-state index < -0.39 is 6.55 Å². The minimum atomic E-state index is -2.83. The molecule has 37 heavy (non-hydrogen) atoms. The maximum absolute atomic E-state index is 13.4. The van der Waals surface area contributed by atoms with E-state index in [1.807, 2.05) is 29.2 Å². The van der Waals surface area contributed by atoms with Gasteiger partial charge in [0.2, 0.25) is 5.95 Å². The predicted molar refractivity (Wildman–Crippen MR) is 134 cm³/mol. The van der Waals surface area contributed by atoms with Crippen LogP contribution in [-0.4, -0.2) is 84.1 Å². The maximum atomic E-state index is 13.4. The molecule has 10 nitrogen and oxygen atoms in total. The topological polar surface area (TPSA) is 118 Å². The van der Waals surface area contributed by atoms with E-state index in [0.717, 1.165) is 11.8 Å². The largest absolute Gasteiger partial charge is 0.492 e. The standard InChI is InChI=1S/C22H23ClF2N6O3.C2H6O/c23-19-10-17(27-22(26)28-19)20-15(11-31(29-20)21(24)25)9-14-3-1-2-4-18(14)34-8-6-30-5-7-33-13-16(30)12-32;1-3-2/h1-4,10-12,16,21H,5-9,13H2,(H2,26,27,28);1-2H3. The van der Waals surface area contributed by atoms with E-state index in [1.165, 1.54) is 12.3 Å². The second kappa shape index (κ2) is 13.9. The Morgan fingerprint density at radius 1 is 1.27 bits per heavy atom. The minimum Gasteiger partial charge on any atom is -0.492 e. The molecule has 13 heteroatoms. The summed E-state index contributed by atoms with van der Waals surface area (Å²) in [6.07, 6.45) is 2.40. The molecule has 0 bridgehead atoms. The van der Waals surface area contributed by atoms with Crippen LogP contribution >= 0.6 is 11.6 Å². The Kier molecular flexibility index (Phi) is 10.7. The third-order valence-electron chi connectivity index (χ3n) is 5.39. The second-order valence-corrected chi connectivity index (χ2v) is 8.44. The van der Waals surface area contributed by atoms with Gasteiger partial charge in [0.1, 0.15) is 29.5 Å². The average molecular weight is 539 g/mol. The van der Waals surface area contributed by atoms with Crippen LogP contribution in [0.4, 0.5) is 14.7 Å². The molecule has 1 fully saturated rings. The number of morpholine rings is 1. The van der Waals surface area contributed by atoms with Gasteiger partial charge in [0.05, 0.1) is 24.9 Å². The van der Waals surface area contributed by atoms with E-state index in [4.69, 9.17) is 26.8 Å². The number of hydrogen-bond donors (Lipinski definition) is 1. The number of anilines is 1. The number of benzene rings is 1. The third kappa shape index (κ3) is 7.89. The lowest BCUT2D eigenvalue weighted by atomic mass is 10.0. The lowest BCUT2D eigenvalue weighted by molar-refractivity contribution is -0.118. The molecular formula is C24H29ClF2N6O4. The molecule has 3 heterocycles. The quantitative estimate of drug-likeness (QED) is 0.324. The molecule has 0 spiro atoms. The molecule has 1 aliphatic rings. The molecule has 1 saturated heterocycles. The number of alkyl halides is 2. The van der Waals surface area contributed by atoms with Crippen LogP contribution in [0.1, 0.15) is 17.7 Å². The number of ether oxygens (including phenoxy) is 3. The third-order valence-corrected chi connectivity index (χ3v) is 5.58. The Morgan fingerprint density at radius 3 is 2.73 bits per heavy atom. The van der Waals surface area contributed by atoms with Crippen LogP contribution in [0.25, 0.3) is 11.4 Å². The summed E-state index contributed by atoms with van der Waals surface area (Å²) in [6, 6.07) is 8.46. The van der Waals surface area contributed by atoms with Gasteiger partial charge in [0.25, 0.3) is 0 Å². The molecular weight excluding hydrogens is 510 g/mol. The first-order valence-electron chi connectivity index (χ1n) is 11.4. The number of aldehydes is 1. The molecule has 0 radical (unpaired) electrons. The molecule has 200 valence electrons. The fourth-order valence-corrected chi connectivity index (χ4v) is 3.95. The van der Waals surface area contributed by atoms with Gasteiger partial charge in [0.15, 0.2) is 0 Å². The molecule has 2 N–H and O–H groups in total. The highest BCUT2D eigenvalue weighted by atomic mass is 35.5. The zero-order valence-electron chi connectivity index (χ0n) is 20.5. The van der Waals surface area contributed by atoms with Crippen molar-refractivity contribution in [2.75, 3.05) is 52.9 Å². The zero-order valence-corrected chi connectivity index (χ0v) is 21.3. The number of halogens is 3. The van der Waals surface area contributed by atoms with Crippen molar-refractivity contribution in [3.05, 3.63) is 52.8 Å². The number of rotatable bonds is 9. The van der Waals surface area contributed by atoms with Crippen molar-refractivity contribution in [1.29, 1.82) is 0 Å². The number of nitrogens with two attached hydrogens (primary N) is 1. The lowest BCUT2D eigenvalue weighted by Crippen LogP contribution is -2.47. The van der Waals surface area contributed by atoms with Crippen LogP contribution in [0.2, 0.25) is 5.15 Å². The molecule has 0 aliphatic carbocycles. The van der Waals surface area contributed by atoms with Gasteiger partial charge in [-0.05, 0) is 11.6 Å². The fraction of sp³-hybridized carbons (Fsp3) is 0.417. The molecule has 4 rings (SSSR count). The monoisotopic (exact) mass is 538 g/mol. The highest BCUT2D eigenvalue weighted by molar-refractivity contribution is 6.29. The van der Waals surface area contributed by atoms with Crippen LogP contribution in [0.3, 0.4) is 0 Å². The second-order valence-electron chi connectivity index (χ2n) is 8.05. The van der Waals surface area contributed by atoms with Crippen molar-refractivity contribution >= 4 is 23.8 Å². The summed E-state index contributed by atoms with van der Waals surface area (Å²) in [7, 11) is 3.25. The van der Waals surface area contributed by atoms with Crippen molar-refractivity contribution in [3.8, 4) is 17.1 Å². The number of carbonyl (C=O) groups excluding carboxylic acids is 1. The number of carbonyl (C=O) groups is 1. The van der Waals surface area contributed by atoms with E-state index in [1.54, 1.807) is 14.2 Å². The van der Waals surface area contributed by atoms with Gasteiger partial charge in [-0.3, -0.25) is 4.90 Å². The first-order valence-corrected chi connectivity index (χ1v) is 11.8.